The van der Waals surface area contributed by atoms with E-state index < -0.39 is 0 Å². The Hall–Kier alpha value is -0.200. The van der Waals surface area contributed by atoms with Crippen molar-refractivity contribution >= 4 is 0 Å². The van der Waals surface area contributed by atoms with Gasteiger partial charge in [0, 0.05) is 52.6 Å². The first-order valence-electron chi connectivity index (χ1n) is 6.35. The van der Waals surface area contributed by atoms with E-state index in [0.29, 0.717) is 6.04 Å². The smallest absolute Gasteiger partial charge is 0.0636 e. The molecule has 0 saturated carbocycles. The minimum atomic E-state index is 0.211. The molecule has 2 N–H and O–H groups in total. The summed E-state index contributed by atoms with van der Waals surface area (Å²) in [5.74, 6) is 0. The second-order valence-electron chi connectivity index (χ2n) is 4.47. The fourth-order valence-electron chi connectivity index (χ4n) is 2.18. The van der Waals surface area contributed by atoms with Gasteiger partial charge >= 0.3 is 0 Å². The Kier molecular flexibility index (Phi) is 7.72. The first kappa shape index (κ1) is 14.9. The Morgan fingerprint density at radius 2 is 2.00 bits per heavy atom. The second-order valence-corrected chi connectivity index (χ2v) is 4.47. The van der Waals surface area contributed by atoms with Crippen LogP contribution in [0.4, 0.5) is 0 Å². The topological polar surface area (TPSA) is 57.0 Å². The average molecular weight is 246 g/mol. The molecule has 2 unspecified atom stereocenters. The van der Waals surface area contributed by atoms with Gasteiger partial charge in [0.15, 0.2) is 0 Å². The molecule has 0 amide bonds. The molecule has 102 valence electrons. The maximum Gasteiger partial charge on any atom is 0.0636 e. The van der Waals surface area contributed by atoms with Crippen molar-refractivity contribution in [3.05, 3.63) is 0 Å². The minimum Gasteiger partial charge on any atom is -0.385 e. The van der Waals surface area contributed by atoms with Crippen molar-refractivity contribution in [2.24, 2.45) is 5.73 Å². The van der Waals surface area contributed by atoms with E-state index in [0.717, 1.165) is 52.4 Å². The van der Waals surface area contributed by atoms with Crippen LogP contribution in [-0.2, 0) is 14.2 Å². The molecule has 1 aliphatic heterocycles. The average Bonchev–Trinajstić information content (AvgIpc) is 2.35. The SMILES string of the molecule is COCCCN(CCOC)C1COCCC1N. The Bertz CT molecular complexity index is 193. The lowest BCUT2D eigenvalue weighted by molar-refractivity contribution is -0.00467. The third-order valence-electron chi connectivity index (χ3n) is 3.22. The van der Waals surface area contributed by atoms with Crippen LogP contribution in [0.15, 0.2) is 0 Å². The van der Waals surface area contributed by atoms with Crippen LogP contribution in [-0.4, -0.2) is 70.7 Å². The number of nitrogens with two attached hydrogens (primary N) is 1. The summed E-state index contributed by atoms with van der Waals surface area (Å²) in [6.07, 6.45) is 1.96. The molecule has 1 fully saturated rings. The number of methoxy groups -OCH3 is 2. The zero-order valence-electron chi connectivity index (χ0n) is 11.1. The van der Waals surface area contributed by atoms with Crippen LogP contribution in [0.5, 0.6) is 0 Å². The number of hydrogen-bond acceptors (Lipinski definition) is 5. The van der Waals surface area contributed by atoms with Crippen LogP contribution >= 0.6 is 0 Å². The van der Waals surface area contributed by atoms with Crippen molar-refractivity contribution in [1.82, 2.24) is 4.90 Å². The van der Waals surface area contributed by atoms with Crippen LogP contribution in [0.3, 0.4) is 0 Å². The van der Waals surface area contributed by atoms with Gasteiger partial charge in [-0.25, -0.2) is 0 Å². The van der Waals surface area contributed by atoms with E-state index in [-0.39, 0.29) is 6.04 Å². The molecule has 0 spiro atoms. The van der Waals surface area contributed by atoms with Crippen LogP contribution in [0.2, 0.25) is 0 Å². The van der Waals surface area contributed by atoms with E-state index in [1.165, 1.54) is 0 Å². The molecule has 0 radical (unpaired) electrons. The van der Waals surface area contributed by atoms with Crippen LogP contribution < -0.4 is 5.73 Å². The largest absolute Gasteiger partial charge is 0.385 e. The Labute approximate surface area is 104 Å². The highest BCUT2D eigenvalue weighted by Crippen LogP contribution is 2.13. The third kappa shape index (κ3) is 5.31. The summed E-state index contributed by atoms with van der Waals surface area (Å²) >= 11 is 0. The molecule has 5 heteroatoms. The third-order valence-corrected chi connectivity index (χ3v) is 3.22. The van der Waals surface area contributed by atoms with E-state index in [9.17, 15) is 0 Å². The quantitative estimate of drug-likeness (QED) is 0.615. The second kappa shape index (κ2) is 8.83. The lowest BCUT2D eigenvalue weighted by Gasteiger charge is -2.38. The molecule has 1 saturated heterocycles. The summed E-state index contributed by atoms with van der Waals surface area (Å²) in [6.45, 7) is 4.93. The molecule has 1 rings (SSSR count). The van der Waals surface area contributed by atoms with Gasteiger partial charge in [0.25, 0.3) is 0 Å². The van der Waals surface area contributed by atoms with E-state index in [2.05, 4.69) is 4.90 Å². The van der Waals surface area contributed by atoms with Gasteiger partial charge in [0.05, 0.1) is 13.2 Å². The van der Waals surface area contributed by atoms with Crippen molar-refractivity contribution in [2.45, 2.75) is 24.9 Å². The Morgan fingerprint density at radius 3 is 2.65 bits per heavy atom. The number of rotatable bonds is 8. The standard InChI is InChI=1S/C12H26N2O3/c1-15-7-3-5-14(6-9-16-2)12-10-17-8-4-11(12)13/h11-12H,3-10,13H2,1-2H3. The predicted octanol–water partition coefficient (Wildman–Crippen LogP) is 0.0875. The van der Waals surface area contributed by atoms with Crippen LogP contribution in [0.25, 0.3) is 0 Å². The minimum absolute atomic E-state index is 0.211. The van der Waals surface area contributed by atoms with E-state index in [4.69, 9.17) is 19.9 Å². The fraction of sp³-hybridized carbons (Fsp3) is 1.00. The highest BCUT2D eigenvalue weighted by Gasteiger charge is 2.27. The number of hydrogen-bond donors (Lipinski definition) is 1. The Balaban J connectivity index is 2.41. The lowest BCUT2D eigenvalue weighted by Crippen LogP contribution is -2.54. The van der Waals surface area contributed by atoms with Crippen LogP contribution in [0.1, 0.15) is 12.8 Å². The molecule has 2 atom stereocenters. The van der Waals surface area contributed by atoms with Gasteiger partial charge in [-0.05, 0) is 12.8 Å². The first-order valence-corrected chi connectivity index (χ1v) is 6.35. The zero-order valence-corrected chi connectivity index (χ0v) is 11.1. The molecule has 0 aromatic carbocycles. The molecular formula is C12H26N2O3. The van der Waals surface area contributed by atoms with Gasteiger partial charge in [-0.15, -0.1) is 0 Å². The summed E-state index contributed by atoms with van der Waals surface area (Å²) in [4.78, 5) is 2.37. The Morgan fingerprint density at radius 1 is 1.24 bits per heavy atom. The van der Waals surface area contributed by atoms with Crippen molar-refractivity contribution in [3.8, 4) is 0 Å². The van der Waals surface area contributed by atoms with Gasteiger partial charge in [0.2, 0.25) is 0 Å². The summed E-state index contributed by atoms with van der Waals surface area (Å²) in [7, 11) is 3.46. The number of ether oxygens (including phenoxy) is 3. The maximum absolute atomic E-state index is 6.16. The van der Waals surface area contributed by atoms with Gasteiger partial charge < -0.3 is 19.9 Å². The van der Waals surface area contributed by atoms with Gasteiger partial charge in [0.1, 0.15) is 0 Å². The first-order chi connectivity index (χ1) is 8.29. The van der Waals surface area contributed by atoms with Crippen molar-refractivity contribution in [1.29, 1.82) is 0 Å². The molecule has 1 heterocycles. The highest BCUT2D eigenvalue weighted by molar-refractivity contribution is 4.85. The van der Waals surface area contributed by atoms with Crippen molar-refractivity contribution in [3.63, 3.8) is 0 Å². The normalized spacial score (nSPS) is 25.4. The lowest BCUT2D eigenvalue weighted by atomic mass is 10.0. The molecule has 0 aliphatic carbocycles. The van der Waals surface area contributed by atoms with Gasteiger partial charge in [-0.2, -0.15) is 0 Å². The van der Waals surface area contributed by atoms with Crippen LogP contribution in [0, 0.1) is 0 Å². The summed E-state index contributed by atoms with van der Waals surface area (Å²) in [6, 6.07) is 0.527. The predicted molar refractivity (Wildman–Crippen MR) is 67.1 cm³/mol. The molecule has 0 aromatic heterocycles. The van der Waals surface area contributed by atoms with E-state index >= 15 is 0 Å². The zero-order chi connectivity index (χ0) is 12.5. The molecule has 17 heavy (non-hydrogen) atoms. The summed E-state index contributed by atoms with van der Waals surface area (Å²) in [5, 5.41) is 0. The van der Waals surface area contributed by atoms with Crippen molar-refractivity contribution < 1.29 is 14.2 Å². The van der Waals surface area contributed by atoms with Gasteiger partial charge in [-0.3, -0.25) is 4.90 Å². The number of nitrogens with zero attached hydrogens (tertiary/aromatic N) is 1. The summed E-state index contributed by atoms with van der Waals surface area (Å²) in [5.41, 5.74) is 6.16. The van der Waals surface area contributed by atoms with Gasteiger partial charge in [-0.1, -0.05) is 0 Å². The van der Waals surface area contributed by atoms with Crippen molar-refractivity contribution in [2.75, 3.05) is 53.7 Å². The molecule has 1 aliphatic rings. The monoisotopic (exact) mass is 246 g/mol. The van der Waals surface area contributed by atoms with E-state index in [1.54, 1.807) is 14.2 Å². The fourth-order valence-corrected chi connectivity index (χ4v) is 2.18. The molecular weight excluding hydrogens is 220 g/mol. The summed E-state index contributed by atoms with van der Waals surface area (Å²) < 4.78 is 15.8. The molecule has 0 aromatic rings. The highest BCUT2D eigenvalue weighted by atomic mass is 16.5. The van der Waals surface area contributed by atoms with E-state index in [1.807, 2.05) is 0 Å². The molecule has 5 nitrogen and oxygen atoms in total. The molecule has 0 bridgehead atoms. The maximum atomic E-state index is 6.16.